The van der Waals surface area contributed by atoms with Crippen molar-refractivity contribution in [2.45, 2.75) is 13.0 Å². The van der Waals surface area contributed by atoms with Crippen molar-refractivity contribution in [3.63, 3.8) is 0 Å². The molecular formula is C25H22N2O3. The van der Waals surface area contributed by atoms with Crippen LogP contribution in [0, 0.1) is 12.3 Å². The van der Waals surface area contributed by atoms with Crippen LogP contribution in [0.4, 0.5) is 5.69 Å². The Kier molecular flexibility index (Phi) is 6.86. The van der Waals surface area contributed by atoms with Crippen LogP contribution in [0.1, 0.15) is 12.5 Å². The van der Waals surface area contributed by atoms with Crippen LogP contribution < -0.4 is 15.4 Å². The van der Waals surface area contributed by atoms with E-state index >= 15 is 0 Å². The van der Waals surface area contributed by atoms with E-state index in [1.165, 1.54) is 0 Å². The third kappa shape index (κ3) is 5.73. The molecule has 0 spiro atoms. The SMILES string of the molecule is C#Cc1cccc(NC(=O)CNC(=O)C(C)Oc2ccc(-c3ccccc3)cc2)c1. The van der Waals surface area contributed by atoms with Crippen molar-refractivity contribution in [2.75, 3.05) is 11.9 Å². The van der Waals surface area contributed by atoms with Crippen LogP contribution in [-0.4, -0.2) is 24.5 Å². The molecule has 1 unspecified atom stereocenters. The van der Waals surface area contributed by atoms with Crippen molar-refractivity contribution in [1.29, 1.82) is 0 Å². The van der Waals surface area contributed by atoms with E-state index in [0.29, 0.717) is 17.0 Å². The maximum atomic E-state index is 12.3. The summed E-state index contributed by atoms with van der Waals surface area (Å²) in [5, 5.41) is 5.26. The number of hydrogen-bond acceptors (Lipinski definition) is 3. The molecule has 0 fully saturated rings. The average Bonchev–Trinajstić information content (AvgIpc) is 2.78. The molecule has 3 aromatic carbocycles. The van der Waals surface area contributed by atoms with Crippen molar-refractivity contribution < 1.29 is 14.3 Å². The number of ether oxygens (including phenoxy) is 1. The van der Waals surface area contributed by atoms with Gasteiger partial charge < -0.3 is 15.4 Å². The number of hydrogen-bond donors (Lipinski definition) is 2. The van der Waals surface area contributed by atoms with E-state index < -0.39 is 6.10 Å². The normalized spacial score (nSPS) is 11.1. The van der Waals surface area contributed by atoms with E-state index in [9.17, 15) is 9.59 Å². The first-order valence-electron chi connectivity index (χ1n) is 9.51. The first-order valence-corrected chi connectivity index (χ1v) is 9.51. The summed E-state index contributed by atoms with van der Waals surface area (Å²) in [5.41, 5.74) is 3.41. The molecule has 1 atom stereocenters. The number of amides is 2. The summed E-state index contributed by atoms with van der Waals surface area (Å²) in [6.07, 6.45) is 4.60. The minimum absolute atomic E-state index is 0.167. The first-order chi connectivity index (χ1) is 14.5. The summed E-state index contributed by atoms with van der Waals surface area (Å²) in [6, 6.07) is 24.4. The molecule has 0 aromatic heterocycles. The van der Waals surface area contributed by atoms with E-state index in [-0.39, 0.29) is 18.4 Å². The lowest BCUT2D eigenvalue weighted by Gasteiger charge is -2.15. The molecule has 0 bridgehead atoms. The number of rotatable bonds is 7. The van der Waals surface area contributed by atoms with Gasteiger partial charge in [-0.3, -0.25) is 9.59 Å². The summed E-state index contributed by atoms with van der Waals surface area (Å²) < 4.78 is 5.68. The number of anilines is 1. The van der Waals surface area contributed by atoms with Crippen LogP contribution in [0.3, 0.4) is 0 Å². The molecule has 0 saturated heterocycles. The molecule has 0 saturated carbocycles. The Morgan fingerprint density at radius 3 is 2.37 bits per heavy atom. The smallest absolute Gasteiger partial charge is 0.261 e. The first kappa shape index (κ1) is 20.7. The van der Waals surface area contributed by atoms with Gasteiger partial charge in [0.15, 0.2) is 6.10 Å². The Morgan fingerprint density at radius 1 is 0.967 bits per heavy atom. The second-order valence-corrected chi connectivity index (χ2v) is 6.64. The van der Waals surface area contributed by atoms with Gasteiger partial charge in [-0.25, -0.2) is 0 Å². The van der Waals surface area contributed by atoms with Crippen LogP contribution >= 0.6 is 0 Å². The summed E-state index contributed by atoms with van der Waals surface area (Å²) in [7, 11) is 0. The van der Waals surface area contributed by atoms with Gasteiger partial charge in [-0.2, -0.15) is 0 Å². The zero-order valence-corrected chi connectivity index (χ0v) is 16.6. The van der Waals surface area contributed by atoms with Crippen molar-refractivity contribution in [3.8, 4) is 29.2 Å². The standard InChI is InChI=1S/C25H22N2O3/c1-3-19-8-7-11-22(16-19)27-24(28)17-26-25(29)18(2)30-23-14-12-21(13-15-23)20-9-5-4-6-10-20/h1,4-16,18H,17H2,2H3,(H,26,29)(H,27,28). The zero-order valence-electron chi connectivity index (χ0n) is 16.6. The number of nitrogens with one attached hydrogen (secondary N) is 2. The molecule has 0 radical (unpaired) electrons. The third-order valence-electron chi connectivity index (χ3n) is 4.38. The maximum Gasteiger partial charge on any atom is 0.261 e. The molecule has 3 aromatic rings. The number of benzene rings is 3. The van der Waals surface area contributed by atoms with Crippen molar-refractivity contribution in [1.82, 2.24) is 5.32 Å². The Hall–Kier alpha value is -4.04. The van der Waals surface area contributed by atoms with Gasteiger partial charge in [-0.15, -0.1) is 6.42 Å². The molecule has 0 aliphatic carbocycles. The highest BCUT2D eigenvalue weighted by atomic mass is 16.5. The number of carbonyl (C=O) groups is 2. The second kappa shape index (κ2) is 9.94. The molecule has 0 aliphatic rings. The van der Waals surface area contributed by atoms with E-state index in [4.69, 9.17) is 11.2 Å². The molecule has 2 amide bonds. The number of terminal acetylenes is 1. The van der Waals surface area contributed by atoms with Gasteiger partial charge in [0, 0.05) is 11.3 Å². The number of carbonyl (C=O) groups excluding carboxylic acids is 2. The zero-order chi connectivity index (χ0) is 21.3. The molecule has 3 rings (SSSR count). The van der Waals surface area contributed by atoms with Gasteiger partial charge in [-0.1, -0.05) is 54.5 Å². The Balaban J connectivity index is 1.48. The van der Waals surface area contributed by atoms with Crippen LogP contribution in [0.5, 0.6) is 5.75 Å². The van der Waals surface area contributed by atoms with Crippen molar-refractivity contribution >= 4 is 17.5 Å². The van der Waals surface area contributed by atoms with Crippen LogP contribution in [-0.2, 0) is 9.59 Å². The fourth-order valence-electron chi connectivity index (χ4n) is 2.82. The van der Waals surface area contributed by atoms with Gasteiger partial charge in [0.1, 0.15) is 5.75 Å². The topological polar surface area (TPSA) is 67.4 Å². The molecule has 0 heterocycles. The largest absolute Gasteiger partial charge is 0.481 e. The molecule has 2 N–H and O–H groups in total. The quantitative estimate of drug-likeness (QED) is 0.594. The van der Waals surface area contributed by atoms with E-state index in [0.717, 1.165) is 11.1 Å². The van der Waals surface area contributed by atoms with Crippen LogP contribution in [0.25, 0.3) is 11.1 Å². The summed E-state index contributed by atoms with van der Waals surface area (Å²) in [4.78, 5) is 24.3. The van der Waals surface area contributed by atoms with Crippen LogP contribution in [0.15, 0.2) is 78.9 Å². The lowest BCUT2D eigenvalue weighted by molar-refractivity contribution is -0.129. The highest BCUT2D eigenvalue weighted by Gasteiger charge is 2.15. The lowest BCUT2D eigenvalue weighted by Crippen LogP contribution is -2.40. The summed E-state index contributed by atoms with van der Waals surface area (Å²) in [5.74, 6) is 2.35. The van der Waals surface area contributed by atoms with Crippen LogP contribution in [0.2, 0.25) is 0 Å². The molecule has 5 heteroatoms. The van der Waals surface area contributed by atoms with Gasteiger partial charge in [0.2, 0.25) is 5.91 Å². The highest BCUT2D eigenvalue weighted by Crippen LogP contribution is 2.22. The van der Waals surface area contributed by atoms with Crippen molar-refractivity contribution in [3.05, 3.63) is 84.4 Å². The average molecular weight is 398 g/mol. The Labute approximate surface area is 176 Å². The lowest BCUT2D eigenvalue weighted by atomic mass is 10.1. The highest BCUT2D eigenvalue weighted by molar-refractivity contribution is 5.95. The minimum Gasteiger partial charge on any atom is -0.481 e. The summed E-state index contributed by atoms with van der Waals surface area (Å²) in [6.45, 7) is 1.47. The third-order valence-corrected chi connectivity index (χ3v) is 4.38. The Bertz CT molecular complexity index is 1050. The van der Waals surface area contributed by atoms with E-state index in [2.05, 4.69) is 16.6 Å². The molecule has 30 heavy (non-hydrogen) atoms. The van der Waals surface area contributed by atoms with Crippen molar-refractivity contribution in [2.24, 2.45) is 0 Å². The molecule has 0 aliphatic heterocycles. The Morgan fingerprint density at radius 2 is 1.67 bits per heavy atom. The van der Waals surface area contributed by atoms with E-state index in [1.54, 1.807) is 31.2 Å². The molecular weight excluding hydrogens is 376 g/mol. The predicted octanol–water partition coefficient (Wildman–Crippen LogP) is 3.86. The fraction of sp³-hybridized carbons (Fsp3) is 0.120. The minimum atomic E-state index is -0.745. The maximum absolute atomic E-state index is 12.3. The van der Waals surface area contributed by atoms with Gasteiger partial charge in [0.25, 0.3) is 5.91 Å². The molecule has 5 nitrogen and oxygen atoms in total. The monoisotopic (exact) mass is 398 g/mol. The van der Waals surface area contributed by atoms with E-state index in [1.807, 2.05) is 54.6 Å². The summed E-state index contributed by atoms with van der Waals surface area (Å²) >= 11 is 0. The fourth-order valence-corrected chi connectivity index (χ4v) is 2.82. The van der Waals surface area contributed by atoms with Gasteiger partial charge in [0.05, 0.1) is 6.54 Å². The predicted molar refractivity (Wildman–Crippen MR) is 118 cm³/mol. The van der Waals surface area contributed by atoms with Gasteiger partial charge >= 0.3 is 0 Å². The van der Waals surface area contributed by atoms with Gasteiger partial charge in [-0.05, 0) is 48.4 Å². The molecule has 150 valence electrons. The second-order valence-electron chi connectivity index (χ2n) is 6.64.